The number of hydrogen-bond acceptors (Lipinski definition) is 8. The van der Waals surface area contributed by atoms with Gasteiger partial charge in [0, 0.05) is 10.9 Å². The summed E-state index contributed by atoms with van der Waals surface area (Å²) in [5.41, 5.74) is 1.99. The van der Waals surface area contributed by atoms with Gasteiger partial charge < -0.3 is 23.9 Å². The summed E-state index contributed by atoms with van der Waals surface area (Å²) < 4.78 is 21.0. The molecule has 4 aromatic rings. The fourth-order valence-electron chi connectivity index (χ4n) is 3.48. The van der Waals surface area contributed by atoms with Crippen LogP contribution in [0.1, 0.15) is 16.1 Å². The molecular weight excluding hydrogens is 466 g/mol. The number of carbonyl (C=O) groups excluding carboxylic acids is 3. The van der Waals surface area contributed by atoms with Gasteiger partial charge >= 0.3 is 12.0 Å². The van der Waals surface area contributed by atoms with Gasteiger partial charge in [0.1, 0.15) is 5.76 Å². The van der Waals surface area contributed by atoms with Crippen LogP contribution in [-0.4, -0.2) is 43.7 Å². The average Bonchev–Trinajstić information content (AvgIpc) is 3.43. The van der Waals surface area contributed by atoms with Crippen LogP contribution in [0.3, 0.4) is 0 Å². The fraction of sp³-hybridized carbons (Fsp3) is 0.154. The van der Waals surface area contributed by atoms with Gasteiger partial charge in [0.05, 0.1) is 43.8 Å². The molecule has 0 unspecified atom stereocenters. The van der Waals surface area contributed by atoms with Gasteiger partial charge in [0.2, 0.25) is 0 Å². The second kappa shape index (κ2) is 11.0. The lowest BCUT2D eigenvalue weighted by atomic mass is 10.0. The van der Waals surface area contributed by atoms with E-state index in [-0.39, 0.29) is 12.1 Å². The third-order valence-electron chi connectivity index (χ3n) is 5.21. The summed E-state index contributed by atoms with van der Waals surface area (Å²) in [4.78, 5) is 41.6. The Kier molecular flexibility index (Phi) is 7.45. The molecule has 36 heavy (non-hydrogen) atoms. The molecule has 0 aliphatic heterocycles. The average molecular weight is 489 g/mol. The Bertz CT molecular complexity index is 1400. The summed E-state index contributed by atoms with van der Waals surface area (Å²) in [6.45, 7) is -0.539. The molecule has 0 spiro atoms. The van der Waals surface area contributed by atoms with E-state index in [0.717, 1.165) is 0 Å². The number of carbonyl (C=O) groups is 3. The van der Waals surface area contributed by atoms with Crippen molar-refractivity contribution in [1.29, 1.82) is 0 Å². The maximum Gasteiger partial charge on any atom is 0.339 e. The quantitative estimate of drug-likeness (QED) is 0.359. The Balaban J connectivity index is 1.49. The van der Waals surface area contributed by atoms with Gasteiger partial charge in [0.25, 0.3) is 5.91 Å². The molecule has 2 aromatic carbocycles. The van der Waals surface area contributed by atoms with Crippen LogP contribution in [0.4, 0.5) is 4.79 Å². The Morgan fingerprint density at radius 2 is 1.75 bits per heavy atom. The Morgan fingerprint density at radius 1 is 0.944 bits per heavy atom. The number of hydrogen-bond donors (Lipinski definition) is 2. The predicted octanol–water partition coefficient (Wildman–Crippen LogP) is 3.69. The van der Waals surface area contributed by atoms with Gasteiger partial charge in [-0.15, -0.1) is 0 Å². The molecule has 0 aliphatic carbocycles. The number of esters is 1. The number of pyridine rings is 1. The highest BCUT2D eigenvalue weighted by Gasteiger charge is 2.18. The van der Waals surface area contributed by atoms with Crippen molar-refractivity contribution in [3.05, 3.63) is 78.3 Å². The van der Waals surface area contributed by atoms with Crippen LogP contribution in [0.25, 0.3) is 22.2 Å². The summed E-state index contributed by atoms with van der Waals surface area (Å²) in [5, 5.41) is 5.13. The molecule has 0 fully saturated rings. The van der Waals surface area contributed by atoms with Crippen molar-refractivity contribution in [2.24, 2.45) is 0 Å². The van der Waals surface area contributed by atoms with E-state index in [2.05, 4.69) is 15.6 Å². The Hall–Kier alpha value is -4.86. The number of amides is 3. The number of urea groups is 1. The van der Waals surface area contributed by atoms with Crippen molar-refractivity contribution in [3.8, 4) is 22.8 Å². The van der Waals surface area contributed by atoms with Crippen molar-refractivity contribution in [2.75, 3.05) is 20.8 Å². The fourth-order valence-corrected chi connectivity index (χ4v) is 3.48. The second-order valence-corrected chi connectivity index (χ2v) is 7.53. The first-order valence-corrected chi connectivity index (χ1v) is 10.9. The molecule has 2 N–H and O–H groups in total. The normalized spacial score (nSPS) is 10.5. The topological polar surface area (TPSA) is 129 Å². The smallest absolute Gasteiger partial charge is 0.339 e. The molecule has 184 valence electrons. The standard InChI is InChI=1S/C26H23N3O7/c1-33-22-10-9-16(12-23(22)34-2)21-13-19(18-7-3-4-8-20(18)28-21)25(31)36-15-24(30)29-26(32)27-14-17-6-5-11-35-17/h3-13H,14-15H2,1-2H3,(H2,27,29,30,32). The number of nitrogens with zero attached hydrogens (tertiary/aromatic N) is 1. The first-order chi connectivity index (χ1) is 17.5. The monoisotopic (exact) mass is 489 g/mol. The van der Waals surface area contributed by atoms with Gasteiger partial charge in [0.15, 0.2) is 18.1 Å². The van der Waals surface area contributed by atoms with E-state index in [4.69, 9.17) is 18.6 Å². The lowest BCUT2D eigenvalue weighted by molar-refractivity contribution is -0.123. The number of nitrogens with one attached hydrogen (secondary N) is 2. The molecule has 0 aliphatic rings. The minimum absolute atomic E-state index is 0.105. The van der Waals surface area contributed by atoms with Crippen molar-refractivity contribution >= 4 is 28.8 Å². The highest BCUT2D eigenvalue weighted by atomic mass is 16.5. The van der Waals surface area contributed by atoms with Crippen LogP contribution in [0.15, 0.2) is 71.3 Å². The second-order valence-electron chi connectivity index (χ2n) is 7.53. The third kappa shape index (κ3) is 5.61. The van der Waals surface area contributed by atoms with E-state index >= 15 is 0 Å². The maximum atomic E-state index is 12.9. The molecular formula is C26H23N3O7. The van der Waals surface area contributed by atoms with Crippen LogP contribution in [0, 0.1) is 0 Å². The van der Waals surface area contributed by atoms with Gasteiger partial charge in [-0.2, -0.15) is 0 Å². The summed E-state index contributed by atoms with van der Waals surface area (Å²) >= 11 is 0. The molecule has 10 heteroatoms. The van der Waals surface area contributed by atoms with Gasteiger partial charge in [-0.1, -0.05) is 18.2 Å². The minimum Gasteiger partial charge on any atom is -0.493 e. The third-order valence-corrected chi connectivity index (χ3v) is 5.21. The highest BCUT2D eigenvalue weighted by molar-refractivity contribution is 6.05. The largest absolute Gasteiger partial charge is 0.493 e. The number of rotatable bonds is 8. The number of methoxy groups -OCH3 is 2. The minimum atomic E-state index is -0.779. The molecule has 0 saturated carbocycles. The van der Waals surface area contributed by atoms with Crippen molar-refractivity contribution in [1.82, 2.24) is 15.6 Å². The first kappa shape index (κ1) is 24.3. The van der Waals surface area contributed by atoms with Gasteiger partial charge in [-0.3, -0.25) is 10.1 Å². The molecule has 0 atom stereocenters. The Labute approximate surface area is 206 Å². The van der Waals surface area contributed by atoms with E-state index in [1.54, 1.807) is 67.8 Å². The van der Waals surface area contributed by atoms with Crippen molar-refractivity contribution in [3.63, 3.8) is 0 Å². The number of furan rings is 1. The molecule has 0 saturated heterocycles. The van der Waals surface area contributed by atoms with Crippen LogP contribution >= 0.6 is 0 Å². The van der Waals surface area contributed by atoms with Crippen LogP contribution < -0.4 is 20.1 Å². The molecule has 3 amide bonds. The zero-order chi connectivity index (χ0) is 25.5. The van der Waals surface area contributed by atoms with Crippen LogP contribution in [0.2, 0.25) is 0 Å². The SMILES string of the molecule is COc1ccc(-c2cc(C(=O)OCC(=O)NC(=O)NCc3ccco3)c3ccccc3n2)cc1OC. The molecule has 2 aromatic heterocycles. The predicted molar refractivity (Wildman–Crippen MR) is 130 cm³/mol. The first-order valence-electron chi connectivity index (χ1n) is 10.9. The molecule has 2 heterocycles. The number of aromatic nitrogens is 1. The van der Waals surface area contributed by atoms with Gasteiger partial charge in [-0.25, -0.2) is 14.6 Å². The lowest BCUT2D eigenvalue weighted by Gasteiger charge is -2.12. The lowest BCUT2D eigenvalue weighted by Crippen LogP contribution is -2.41. The number of fused-ring (bicyclic) bond motifs is 1. The van der Waals surface area contributed by atoms with Crippen molar-refractivity contribution in [2.45, 2.75) is 6.54 Å². The van der Waals surface area contributed by atoms with E-state index in [0.29, 0.717) is 39.4 Å². The van der Waals surface area contributed by atoms with E-state index in [1.165, 1.54) is 13.4 Å². The number of para-hydroxylation sites is 1. The maximum absolute atomic E-state index is 12.9. The summed E-state index contributed by atoms with van der Waals surface area (Å²) in [6, 6.07) is 16.6. The summed E-state index contributed by atoms with van der Waals surface area (Å²) in [5.74, 6) is 0.0797. The molecule has 0 radical (unpaired) electrons. The number of benzene rings is 2. The number of ether oxygens (including phenoxy) is 3. The molecule has 0 bridgehead atoms. The zero-order valence-electron chi connectivity index (χ0n) is 19.6. The molecule has 10 nitrogen and oxygen atoms in total. The zero-order valence-corrected chi connectivity index (χ0v) is 19.6. The van der Waals surface area contributed by atoms with Gasteiger partial charge in [-0.05, 0) is 42.5 Å². The summed E-state index contributed by atoms with van der Waals surface area (Å²) in [6.07, 6.45) is 1.47. The van der Waals surface area contributed by atoms with E-state index in [9.17, 15) is 14.4 Å². The molecule has 4 rings (SSSR count). The van der Waals surface area contributed by atoms with Crippen LogP contribution in [-0.2, 0) is 16.1 Å². The highest BCUT2D eigenvalue weighted by Crippen LogP contribution is 2.33. The van der Waals surface area contributed by atoms with Crippen molar-refractivity contribution < 1.29 is 33.0 Å². The van der Waals surface area contributed by atoms with Crippen LogP contribution in [0.5, 0.6) is 11.5 Å². The van der Waals surface area contributed by atoms with E-state index < -0.39 is 24.5 Å². The Morgan fingerprint density at radius 3 is 2.50 bits per heavy atom. The number of imide groups is 1. The summed E-state index contributed by atoms with van der Waals surface area (Å²) in [7, 11) is 3.07. The van der Waals surface area contributed by atoms with E-state index in [1.807, 2.05) is 0 Å².